The first kappa shape index (κ1) is 18.6. The molecule has 148 valence electrons. The van der Waals surface area contributed by atoms with Gasteiger partial charge >= 0.3 is 0 Å². The third kappa shape index (κ3) is 3.76. The molecule has 0 radical (unpaired) electrons. The summed E-state index contributed by atoms with van der Waals surface area (Å²) in [6, 6.07) is 4.91. The Labute approximate surface area is 161 Å². The fourth-order valence-electron chi connectivity index (χ4n) is 3.23. The number of fused-ring (bicyclic) bond motifs is 1. The number of aromatic amines is 1. The van der Waals surface area contributed by atoms with E-state index in [-0.39, 0.29) is 11.9 Å². The van der Waals surface area contributed by atoms with Crippen LogP contribution in [0.4, 0.5) is 10.2 Å². The van der Waals surface area contributed by atoms with Crippen molar-refractivity contribution in [2.75, 3.05) is 44.9 Å². The number of hydrogen-bond donors (Lipinski definition) is 1. The average molecular weight is 387 g/mol. The smallest absolute Gasteiger partial charge is 0.167 e. The molecule has 1 atom stereocenters. The number of anilines is 1. The minimum atomic E-state index is -0.456. The van der Waals surface area contributed by atoms with E-state index in [0.717, 1.165) is 24.3 Å². The summed E-state index contributed by atoms with van der Waals surface area (Å²) in [7, 11) is 1.58. The highest BCUT2D eigenvalue weighted by Crippen LogP contribution is 2.31. The minimum Gasteiger partial charge on any atom is -0.485 e. The zero-order valence-electron chi connectivity index (χ0n) is 15.8. The van der Waals surface area contributed by atoms with Crippen LogP contribution in [0.15, 0.2) is 24.5 Å². The summed E-state index contributed by atoms with van der Waals surface area (Å²) in [5, 5.41) is 7.94. The molecule has 3 aromatic rings. The molecule has 0 saturated carbocycles. The van der Waals surface area contributed by atoms with E-state index in [1.165, 1.54) is 12.4 Å². The predicted molar refractivity (Wildman–Crippen MR) is 102 cm³/mol. The number of H-pyrrole nitrogens is 1. The monoisotopic (exact) mass is 387 g/mol. The molecule has 1 N–H and O–H groups in total. The summed E-state index contributed by atoms with van der Waals surface area (Å²) >= 11 is 0. The Balaban J connectivity index is 1.69. The predicted octanol–water partition coefficient (Wildman–Crippen LogP) is 2.41. The lowest BCUT2D eigenvalue weighted by atomic mass is 10.1. The Bertz CT molecular complexity index is 958. The van der Waals surface area contributed by atoms with Crippen LogP contribution in [0.5, 0.6) is 5.75 Å². The number of rotatable bonds is 6. The fourth-order valence-corrected chi connectivity index (χ4v) is 3.23. The van der Waals surface area contributed by atoms with Gasteiger partial charge in [0.1, 0.15) is 23.9 Å². The molecule has 0 aliphatic carbocycles. The molecule has 1 aromatic carbocycles. The van der Waals surface area contributed by atoms with Gasteiger partial charge in [-0.2, -0.15) is 5.10 Å². The molecule has 2 aromatic heterocycles. The number of methoxy groups -OCH3 is 1. The molecule has 1 fully saturated rings. The van der Waals surface area contributed by atoms with Crippen LogP contribution < -0.4 is 9.64 Å². The molecular weight excluding hydrogens is 365 g/mol. The zero-order chi connectivity index (χ0) is 19.5. The molecule has 1 saturated heterocycles. The van der Waals surface area contributed by atoms with Gasteiger partial charge in [0.2, 0.25) is 0 Å². The van der Waals surface area contributed by atoms with E-state index in [2.05, 4.69) is 25.1 Å². The summed E-state index contributed by atoms with van der Waals surface area (Å²) in [4.78, 5) is 10.9. The topological polar surface area (TPSA) is 85.4 Å². The number of halogens is 1. The third-order valence-corrected chi connectivity index (χ3v) is 4.58. The Morgan fingerprint density at radius 3 is 2.86 bits per heavy atom. The molecule has 28 heavy (non-hydrogen) atoms. The Morgan fingerprint density at radius 2 is 2.07 bits per heavy atom. The number of benzene rings is 1. The zero-order valence-corrected chi connectivity index (χ0v) is 15.8. The van der Waals surface area contributed by atoms with Crippen LogP contribution >= 0.6 is 0 Å². The summed E-state index contributed by atoms with van der Waals surface area (Å²) in [6.45, 7) is 5.08. The lowest BCUT2D eigenvalue weighted by Gasteiger charge is -2.27. The Hall–Kier alpha value is -2.78. The molecule has 1 aliphatic rings. The van der Waals surface area contributed by atoms with E-state index in [1.54, 1.807) is 13.2 Å². The van der Waals surface area contributed by atoms with Crippen LogP contribution in [-0.2, 0) is 9.47 Å². The van der Waals surface area contributed by atoms with Gasteiger partial charge in [0.15, 0.2) is 11.6 Å². The normalized spacial score (nSPS) is 15.8. The van der Waals surface area contributed by atoms with Crippen molar-refractivity contribution in [2.45, 2.75) is 13.0 Å². The maximum absolute atomic E-state index is 14.4. The third-order valence-electron chi connectivity index (χ3n) is 4.58. The maximum atomic E-state index is 14.4. The van der Waals surface area contributed by atoms with Crippen molar-refractivity contribution < 1.29 is 18.6 Å². The van der Waals surface area contributed by atoms with Gasteiger partial charge in [-0.3, -0.25) is 5.10 Å². The number of nitrogens with one attached hydrogen (secondary N) is 1. The lowest BCUT2D eigenvalue weighted by Crippen LogP contribution is -2.36. The number of ether oxygens (including phenoxy) is 3. The van der Waals surface area contributed by atoms with E-state index in [9.17, 15) is 4.39 Å². The van der Waals surface area contributed by atoms with Crippen molar-refractivity contribution in [1.29, 1.82) is 0 Å². The van der Waals surface area contributed by atoms with Crippen LogP contribution in [-0.4, -0.2) is 66.3 Å². The number of nitrogens with zero attached hydrogens (tertiary/aromatic N) is 4. The van der Waals surface area contributed by atoms with E-state index in [4.69, 9.17) is 14.2 Å². The average Bonchev–Trinajstić information content (AvgIpc) is 3.12. The molecule has 4 rings (SSSR count). The molecule has 8 nitrogen and oxygen atoms in total. The summed E-state index contributed by atoms with van der Waals surface area (Å²) < 4.78 is 30.5. The SMILES string of the molecule is COC[C@@H](C)Oc1cc2c(-c3cc(N4CCOCC4)ncn3)n[nH]c2cc1F. The second kappa shape index (κ2) is 8.07. The maximum Gasteiger partial charge on any atom is 0.167 e. The Kier molecular flexibility index (Phi) is 5.36. The van der Waals surface area contributed by atoms with Gasteiger partial charge in [0, 0.05) is 37.7 Å². The lowest BCUT2D eigenvalue weighted by molar-refractivity contribution is 0.0894. The quantitative estimate of drug-likeness (QED) is 0.695. The van der Waals surface area contributed by atoms with Crippen LogP contribution in [0, 0.1) is 5.82 Å². The van der Waals surface area contributed by atoms with Crippen molar-refractivity contribution >= 4 is 16.7 Å². The number of hydrogen-bond acceptors (Lipinski definition) is 7. The van der Waals surface area contributed by atoms with Crippen molar-refractivity contribution in [3.05, 3.63) is 30.3 Å². The van der Waals surface area contributed by atoms with Crippen molar-refractivity contribution in [3.8, 4) is 17.1 Å². The largest absolute Gasteiger partial charge is 0.485 e. The molecule has 0 unspecified atom stereocenters. The molecule has 9 heteroatoms. The highest BCUT2D eigenvalue weighted by atomic mass is 19.1. The summed E-state index contributed by atoms with van der Waals surface area (Å²) in [5.41, 5.74) is 1.85. The summed E-state index contributed by atoms with van der Waals surface area (Å²) in [6.07, 6.45) is 1.24. The second-order valence-corrected chi connectivity index (χ2v) is 6.65. The van der Waals surface area contributed by atoms with Gasteiger partial charge < -0.3 is 19.1 Å². The minimum absolute atomic E-state index is 0.155. The van der Waals surface area contributed by atoms with Crippen LogP contribution in [0.3, 0.4) is 0 Å². The molecule has 3 heterocycles. The fraction of sp³-hybridized carbons (Fsp3) is 0.421. The number of morpholine rings is 1. The van der Waals surface area contributed by atoms with Crippen molar-refractivity contribution in [2.24, 2.45) is 0 Å². The first-order valence-electron chi connectivity index (χ1n) is 9.14. The Morgan fingerprint density at radius 1 is 1.25 bits per heavy atom. The summed E-state index contributed by atoms with van der Waals surface area (Å²) in [5.74, 6) is 0.515. The molecule has 0 amide bonds. The standard InChI is InChI=1S/C19H22FN5O3/c1-12(10-26-2)28-17-7-13-15(8-14(17)20)23-24-19(13)16-9-18(22-11-21-16)25-3-5-27-6-4-25/h7-9,11-12H,3-6,10H2,1-2H3,(H,23,24)/t12-/m1/s1. The van der Waals surface area contributed by atoms with E-state index < -0.39 is 5.82 Å². The van der Waals surface area contributed by atoms with Crippen LogP contribution in [0.1, 0.15) is 6.92 Å². The van der Waals surface area contributed by atoms with Crippen LogP contribution in [0.2, 0.25) is 0 Å². The van der Waals surface area contributed by atoms with Gasteiger partial charge in [0.05, 0.1) is 31.0 Å². The molecular formula is C19H22FN5O3. The van der Waals surface area contributed by atoms with Crippen LogP contribution in [0.25, 0.3) is 22.3 Å². The molecule has 1 aliphatic heterocycles. The van der Waals surface area contributed by atoms with E-state index in [0.29, 0.717) is 36.7 Å². The first-order chi connectivity index (χ1) is 13.7. The van der Waals surface area contributed by atoms with Gasteiger partial charge in [-0.25, -0.2) is 14.4 Å². The van der Waals surface area contributed by atoms with Crippen molar-refractivity contribution in [1.82, 2.24) is 20.2 Å². The van der Waals surface area contributed by atoms with Gasteiger partial charge in [-0.15, -0.1) is 0 Å². The first-order valence-corrected chi connectivity index (χ1v) is 9.14. The number of aromatic nitrogens is 4. The van der Waals surface area contributed by atoms with E-state index >= 15 is 0 Å². The molecule has 0 spiro atoms. The molecule has 0 bridgehead atoms. The highest BCUT2D eigenvalue weighted by molar-refractivity contribution is 5.93. The van der Waals surface area contributed by atoms with Crippen molar-refractivity contribution in [3.63, 3.8) is 0 Å². The highest BCUT2D eigenvalue weighted by Gasteiger charge is 2.18. The van der Waals surface area contributed by atoms with Gasteiger partial charge in [0.25, 0.3) is 0 Å². The van der Waals surface area contributed by atoms with E-state index in [1.807, 2.05) is 13.0 Å². The van der Waals surface area contributed by atoms with Gasteiger partial charge in [-0.1, -0.05) is 0 Å². The van der Waals surface area contributed by atoms with Gasteiger partial charge in [-0.05, 0) is 13.0 Å². The second-order valence-electron chi connectivity index (χ2n) is 6.65.